The lowest BCUT2D eigenvalue weighted by Crippen LogP contribution is -2.42. The second kappa shape index (κ2) is 9.26. The van der Waals surface area contributed by atoms with Crippen molar-refractivity contribution in [1.29, 1.82) is 0 Å². The molecule has 0 saturated carbocycles. The number of anilines is 3. The number of para-hydroxylation sites is 2. The molecular weight excluding hydrogens is 352 g/mol. The predicted molar refractivity (Wildman–Crippen MR) is 114 cm³/mol. The number of aryl methyl sites for hydroxylation is 1. The maximum atomic E-state index is 12.3. The van der Waals surface area contributed by atoms with Crippen molar-refractivity contribution in [3.05, 3.63) is 54.1 Å². The van der Waals surface area contributed by atoms with E-state index in [-0.39, 0.29) is 18.2 Å². The molecule has 28 heavy (non-hydrogen) atoms. The Morgan fingerprint density at radius 3 is 2.68 bits per heavy atom. The number of fused-ring (bicyclic) bond motifs is 1. The summed E-state index contributed by atoms with van der Waals surface area (Å²) in [6, 6.07) is 15.4. The Hall–Kier alpha value is -3.02. The molecule has 1 heterocycles. The maximum Gasteiger partial charge on any atom is 0.247 e. The molecule has 3 N–H and O–H groups in total. The Labute approximate surface area is 166 Å². The van der Waals surface area contributed by atoms with Crippen LogP contribution in [0.4, 0.5) is 17.1 Å². The minimum atomic E-state index is -0.547. The molecule has 0 spiro atoms. The van der Waals surface area contributed by atoms with E-state index in [2.05, 4.69) is 59.0 Å². The number of benzene rings is 2. The van der Waals surface area contributed by atoms with E-state index in [4.69, 9.17) is 0 Å². The van der Waals surface area contributed by atoms with Crippen molar-refractivity contribution in [2.45, 2.75) is 32.7 Å². The SMILES string of the molecule is CCN(CCCNC(=O)C[C@@H]1Nc2ccccc2NC1=O)c1cccc(C)c1. The first kappa shape index (κ1) is 19.7. The van der Waals surface area contributed by atoms with Gasteiger partial charge in [-0.15, -0.1) is 0 Å². The van der Waals surface area contributed by atoms with Gasteiger partial charge in [-0.25, -0.2) is 0 Å². The van der Waals surface area contributed by atoms with E-state index in [9.17, 15) is 9.59 Å². The van der Waals surface area contributed by atoms with Crippen LogP contribution in [0, 0.1) is 6.92 Å². The van der Waals surface area contributed by atoms with Crippen LogP contribution in [0.15, 0.2) is 48.5 Å². The number of carbonyl (C=O) groups is 2. The lowest BCUT2D eigenvalue weighted by molar-refractivity contribution is -0.125. The highest BCUT2D eigenvalue weighted by molar-refractivity contribution is 6.04. The van der Waals surface area contributed by atoms with Gasteiger partial charge in [-0.05, 0) is 50.1 Å². The average Bonchev–Trinajstić information content (AvgIpc) is 2.68. The number of nitrogens with zero attached hydrogens (tertiary/aromatic N) is 1. The van der Waals surface area contributed by atoms with Crippen molar-refractivity contribution in [2.75, 3.05) is 35.2 Å². The molecule has 2 aromatic rings. The van der Waals surface area contributed by atoms with Gasteiger partial charge in [0.15, 0.2) is 0 Å². The van der Waals surface area contributed by atoms with Gasteiger partial charge in [0.2, 0.25) is 11.8 Å². The number of rotatable bonds is 8. The van der Waals surface area contributed by atoms with Crippen LogP contribution in [0.2, 0.25) is 0 Å². The molecular formula is C22H28N4O2. The molecule has 0 saturated heterocycles. The third-order valence-corrected chi connectivity index (χ3v) is 4.90. The van der Waals surface area contributed by atoms with Crippen LogP contribution < -0.4 is 20.9 Å². The van der Waals surface area contributed by atoms with E-state index in [1.165, 1.54) is 11.3 Å². The highest BCUT2D eigenvalue weighted by Crippen LogP contribution is 2.26. The summed E-state index contributed by atoms with van der Waals surface area (Å²) >= 11 is 0. The van der Waals surface area contributed by atoms with Gasteiger partial charge in [0, 0.05) is 25.3 Å². The third kappa shape index (κ3) is 5.03. The molecule has 3 rings (SSSR count). The Morgan fingerprint density at radius 2 is 1.93 bits per heavy atom. The first-order valence-corrected chi connectivity index (χ1v) is 9.81. The Kier molecular flexibility index (Phi) is 6.53. The minimum Gasteiger partial charge on any atom is -0.372 e. The van der Waals surface area contributed by atoms with Gasteiger partial charge < -0.3 is 20.9 Å². The van der Waals surface area contributed by atoms with Gasteiger partial charge >= 0.3 is 0 Å². The third-order valence-electron chi connectivity index (χ3n) is 4.90. The Bertz CT molecular complexity index is 837. The van der Waals surface area contributed by atoms with Crippen molar-refractivity contribution < 1.29 is 9.59 Å². The predicted octanol–water partition coefficient (Wildman–Crippen LogP) is 3.15. The Balaban J connectivity index is 1.43. The zero-order valence-electron chi connectivity index (χ0n) is 16.5. The fourth-order valence-corrected chi connectivity index (χ4v) is 3.38. The number of amides is 2. The van der Waals surface area contributed by atoms with Gasteiger partial charge in [0.25, 0.3) is 0 Å². The van der Waals surface area contributed by atoms with E-state index in [0.29, 0.717) is 6.54 Å². The van der Waals surface area contributed by atoms with E-state index < -0.39 is 6.04 Å². The van der Waals surface area contributed by atoms with E-state index >= 15 is 0 Å². The Morgan fingerprint density at radius 1 is 1.14 bits per heavy atom. The first-order valence-electron chi connectivity index (χ1n) is 9.81. The number of hydrogen-bond donors (Lipinski definition) is 3. The van der Waals surface area contributed by atoms with Crippen LogP contribution in [0.5, 0.6) is 0 Å². The second-order valence-electron chi connectivity index (χ2n) is 7.06. The fraction of sp³-hybridized carbons (Fsp3) is 0.364. The van der Waals surface area contributed by atoms with Crippen LogP contribution in [-0.4, -0.2) is 37.5 Å². The topological polar surface area (TPSA) is 73.5 Å². The largest absolute Gasteiger partial charge is 0.372 e. The van der Waals surface area contributed by atoms with E-state index in [1.807, 2.05) is 24.3 Å². The summed E-state index contributed by atoms with van der Waals surface area (Å²) in [6.45, 7) is 6.60. The van der Waals surface area contributed by atoms with Crippen molar-refractivity contribution in [3.63, 3.8) is 0 Å². The van der Waals surface area contributed by atoms with Crippen molar-refractivity contribution >= 4 is 28.9 Å². The van der Waals surface area contributed by atoms with Gasteiger partial charge in [-0.2, -0.15) is 0 Å². The van der Waals surface area contributed by atoms with Crippen LogP contribution in [-0.2, 0) is 9.59 Å². The zero-order valence-corrected chi connectivity index (χ0v) is 16.5. The fourth-order valence-electron chi connectivity index (χ4n) is 3.38. The van der Waals surface area contributed by atoms with Crippen LogP contribution in [0.1, 0.15) is 25.3 Å². The van der Waals surface area contributed by atoms with E-state index in [0.717, 1.165) is 30.9 Å². The summed E-state index contributed by atoms with van der Waals surface area (Å²) in [6.07, 6.45) is 0.968. The second-order valence-corrected chi connectivity index (χ2v) is 7.06. The highest BCUT2D eigenvalue weighted by atomic mass is 16.2. The molecule has 0 radical (unpaired) electrons. The molecule has 0 aliphatic carbocycles. The molecule has 2 amide bonds. The summed E-state index contributed by atoms with van der Waals surface area (Å²) in [7, 11) is 0. The molecule has 1 aliphatic rings. The van der Waals surface area contributed by atoms with Crippen molar-refractivity contribution in [3.8, 4) is 0 Å². The molecule has 0 unspecified atom stereocenters. The van der Waals surface area contributed by atoms with Crippen molar-refractivity contribution in [1.82, 2.24) is 5.32 Å². The molecule has 0 bridgehead atoms. The summed E-state index contributed by atoms with van der Waals surface area (Å²) in [5, 5.41) is 8.91. The lowest BCUT2D eigenvalue weighted by atomic mass is 10.1. The van der Waals surface area contributed by atoms with Gasteiger partial charge in [0.05, 0.1) is 17.8 Å². The summed E-state index contributed by atoms with van der Waals surface area (Å²) in [4.78, 5) is 26.7. The van der Waals surface area contributed by atoms with Gasteiger partial charge in [-0.3, -0.25) is 9.59 Å². The summed E-state index contributed by atoms with van der Waals surface area (Å²) < 4.78 is 0. The van der Waals surface area contributed by atoms with Gasteiger partial charge in [-0.1, -0.05) is 24.3 Å². The summed E-state index contributed by atoms with van der Waals surface area (Å²) in [5.74, 6) is -0.295. The quantitative estimate of drug-likeness (QED) is 0.615. The van der Waals surface area contributed by atoms with Crippen LogP contribution in [0.25, 0.3) is 0 Å². The standard InChI is InChI=1S/C22H28N4O2/c1-3-26(17-9-6-8-16(2)14-17)13-7-12-23-21(27)15-20-22(28)25-19-11-5-4-10-18(19)24-20/h4-6,8-11,14,20,24H,3,7,12-13,15H2,1-2H3,(H,23,27)(H,25,28)/t20-/m0/s1. The molecule has 0 aromatic heterocycles. The van der Waals surface area contributed by atoms with Crippen molar-refractivity contribution in [2.24, 2.45) is 0 Å². The molecule has 0 fully saturated rings. The normalized spacial score (nSPS) is 15.2. The maximum absolute atomic E-state index is 12.3. The minimum absolute atomic E-state index is 0.120. The van der Waals surface area contributed by atoms with Crippen LogP contribution in [0.3, 0.4) is 0 Å². The number of hydrogen-bond acceptors (Lipinski definition) is 4. The lowest BCUT2D eigenvalue weighted by Gasteiger charge is -2.26. The zero-order chi connectivity index (χ0) is 19.9. The average molecular weight is 380 g/mol. The molecule has 148 valence electrons. The van der Waals surface area contributed by atoms with E-state index in [1.54, 1.807) is 0 Å². The molecule has 6 nitrogen and oxygen atoms in total. The highest BCUT2D eigenvalue weighted by Gasteiger charge is 2.27. The molecule has 6 heteroatoms. The van der Waals surface area contributed by atoms with Crippen LogP contribution >= 0.6 is 0 Å². The number of carbonyl (C=O) groups excluding carboxylic acids is 2. The molecule has 1 aliphatic heterocycles. The number of nitrogens with one attached hydrogen (secondary N) is 3. The van der Waals surface area contributed by atoms with Gasteiger partial charge in [0.1, 0.15) is 6.04 Å². The summed E-state index contributed by atoms with van der Waals surface area (Å²) in [5.41, 5.74) is 4.04. The smallest absolute Gasteiger partial charge is 0.247 e. The molecule has 2 aromatic carbocycles. The monoisotopic (exact) mass is 380 g/mol. The first-order chi connectivity index (χ1) is 13.6. The molecule has 1 atom stereocenters.